The first-order valence-electron chi connectivity index (χ1n) is 8.98. The van der Waals surface area contributed by atoms with Gasteiger partial charge in [-0.3, -0.25) is 9.59 Å². The zero-order chi connectivity index (χ0) is 21.3. The monoisotopic (exact) mass is 404 g/mol. The Balaban J connectivity index is 1.79. The number of aliphatic hydroxyl groups is 1. The van der Waals surface area contributed by atoms with Gasteiger partial charge in [-0.2, -0.15) is 0 Å². The smallest absolute Gasteiger partial charge is 0.364 e. The topological polar surface area (TPSA) is 106 Å². The van der Waals surface area contributed by atoms with Crippen LogP contribution in [0.15, 0.2) is 60.7 Å². The summed E-state index contributed by atoms with van der Waals surface area (Å²) in [6.07, 6.45) is 2.06. The number of para-hydroxylation sites is 1. The quantitative estimate of drug-likeness (QED) is 0.651. The molecule has 1 N–H and O–H groups in total. The molecule has 1 aliphatic rings. The minimum Gasteiger partial charge on any atom is -0.496 e. The van der Waals surface area contributed by atoms with E-state index < -0.39 is 17.8 Å². The van der Waals surface area contributed by atoms with Gasteiger partial charge in [0.2, 0.25) is 0 Å². The first kappa shape index (κ1) is 19.3. The molecule has 1 aliphatic heterocycles. The van der Waals surface area contributed by atoms with Crippen LogP contribution in [0.2, 0.25) is 0 Å². The zero-order valence-electron chi connectivity index (χ0n) is 15.9. The molecule has 8 nitrogen and oxygen atoms in total. The molecule has 0 unspecified atom stereocenters. The van der Waals surface area contributed by atoms with E-state index in [1.807, 2.05) is 0 Å². The number of carbonyl (C=O) groups excluding carboxylic acids is 3. The van der Waals surface area contributed by atoms with Crippen molar-refractivity contribution in [3.63, 3.8) is 0 Å². The molecule has 0 aliphatic carbocycles. The summed E-state index contributed by atoms with van der Waals surface area (Å²) in [5, 5.41) is 10.4. The molecule has 2 amide bonds. The standard InChI is InChI=1S/C22H16N2O6/c1-29-19-10-13(6-7-14(19)12-25)18-11-16(15-4-2-3-5-17(15)23-18)22(28)30-24-20(26)8-9-21(24)27/h2-11,25H,12H2,1H3. The van der Waals surface area contributed by atoms with E-state index >= 15 is 0 Å². The van der Waals surface area contributed by atoms with Gasteiger partial charge in [-0.25, -0.2) is 9.78 Å². The molecule has 0 saturated heterocycles. The molecule has 0 saturated carbocycles. The van der Waals surface area contributed by atoms with Crippen molar-refractivity contribution in [2.24, 2.45) is 0 Å². The Hall–Kier alpha value is -4.04. The van der Waals surface area contributed by atoms with E-state index in [-0.39, 0.29) is 12.2 Å². The van der Waals surface area contributed by atoms with Crippen LogP contribution in [0.3, 0.4) is 0 Å². The molecule has 150 valence electrons. The Morgan fingerprint density at radius 1 is 1.07 bits per heavy atom. The van der Waals surface area contributed by atoms with E-state index in [4.69, 9.17) is 9.57 Å². The number of aromatic nitrogens is 1. The van der Waals surface area contributed by atoms with Gasteiger partial charge in [0.15, 0.2) is 0 Å². The Kier molecular flexibility index (Phi) is 4.99. The second-order valence-corrected chi connectivity index (χ2v) is 6.44. The summed E-state index contributed by atoms with van der Waals surface area (Å²) in [5.41, 5.74) is 2.40. The summed E-state index contributed by atoms with van der Waals surface area (Å²) in [7, 11) is 1.49. The Morgan fingerprint density at radius 2 is 1.80 bits per heavy atom. The lowest BCUT2D eigenvalue weighted by Gasteiger charge is -2.15. The number of benzene rings is 2. The van der Waals surface area contributed by atoms with Crippen molar-refractivity contribution in [2.45, 2.75) is 6.61 Å². The number of imide groups is 1. The molecule has 0 spiro atoms. The molecule has 8 heteroatoms. The maximum atomic E-state index is 12.8. The number of aliphatic hydroxyl groups excluding tert-OH is 1. The molecular formula is C22H16N2O6. The lowest BCUT2D eigenvalue weighted by molar-refractivity contribution is -0.170. The predicted octanol–water partition coefficient (Wildman–Crippen LogP) is 2.40. The van der Waals surface area contributed by atoms with Crippen molar-refractivity contribution in [1.82, 2.24) is 10.0 Å². The summed E-state index contributed by atoms with van der Waals surface area (Å²) >= 11 is 0. The first-order valence-corrected chi connectivity index (χ1v) is 8.98. The van der Waals surface area contributed by atoms with Gasteiger partial charge in [-0.15, -0.1) is 0 Å². The van der Waals surface area contributed by atoms with Crippen LogP contribution in [0.25, 0.3) is 22.2 Å². The number of hydrogen-bond acceptors (Lipinski definition) is 7. The van der Waals surface area contributed by atoms with Gasteiger partial charge in [-0.1, -0.05) is 35.4 Å². The van der Waals surface area contributed by atoms with E-state index in [1.54, 1.807) is 42.5 Å². The molecule has 2 aromatic carbocycles. The van der Waals surface area contributed by atoms with Crippen LogP contribution in [-0.4, -0.2) is 40.0 Å². The van der Waals surface area contributed by atoms with Gasteiger partial charge in [-0.05, 0) is 18.2 Å². The zero-order valence-corrected chi connectivity index (χ0v) is 15.9. The maximum absolute atomic E-state index is 12.8. The summed E-state index contributed by atoms with van der Waals surface area (Å²) in [6.45, 7) is -0.182. The van der Waals surface area contributed by atoms with E-state index in [9.17, 15) is 19.5 Å². The number of nitrogens with zero attached hydrogens (tertiary/aromatic N) is 2. The average Bonchev–Trinajstić information content (AvgIpc) is 3.09. The maximum Gasteiger partial charge on any atom is 0.364 e. The number of hydrogen-bond donors (Lipinski definition) is 1. The third kappa shape index (κ3) is 3.40. The van der Waals surface area contributed by atoms with Crippen LogP contribution >= 0.6 is 0 Å². The number of amides is 2. The van der Waals surface area contributed by atoms with Gasteiger partial charge in [0.1, 0.15) is 5.75 Å². The second kappa shape index (κ2) is 7.76. The molecule has 30 heavy (non-hydrogen) atoms. The molecule has 0 bridgehead atoms. The summed E-state index contributed by atoms with van der Waals surface area (Å²) in [4.78, 5) is 45.9. The number of methoxy groups -OCH3 is 1. The summed E-state index contributed by atoms with van der Waals surface area (Å²) in [5.74, 6) is -1.83. The molecule has 0 atom stereocenters. The molecular weight excluding hydrogens is 388 g/mol. The molecule has 3 aromatic rings. The fraction of sp³-hybridized carbons (Fsp3) is 0.0909. The van der Waals surface area contributed by atoms with E-state index in [0.29, 0.717) is 38.5 Å². The number of rotatable bonds is 5. The number of hydroxylamine groups is 2. The van der Waals surface area contributed by atoms with Crippen LogP contribution in [-0.2, 0) is 21.0 Å². The van der Waals surface area contributed by atoms with Gasteiger partial charge in [0, 0.05) is 28.7 Å². The van der Waals surface area contributed by atoms with Gasteiger partial charge in [0.25, 0.3) is 11.8 Å². The lowest BCUT2D eigenvalue weighted by Crippen LogP contribution is -2.32. The summed E-state index contributed by atoms with van der Waals surface area (Å²) in [6, 6.07) is 13.6. The minimum atomic E-state index is -0.862. The minimum absolute atomic E-state index is 0.147. The number of pyridine rings is 1. The van der Waals surface area contributed by atoms with Gasteiger partial charge in [0.05, 0.1) is 30.5 Å². The van der Waals surface area contributed by atoms with Crippen molar-refractivity contribution in [1.29, 1.82) is 0 Å². The number of carbonyl (C=O) groups is 3. The number of fused-ring (bicyclic) bond motifs is 1. The lowest BCUT2D eigenvalue weighted by atomic mass is 10.0. The van der Waals surface area contributed by atoms with Crippen LogP contribution < -0.4 is 4.74 Å². The molecule has 1 aromatic heterocycles. The molecule has 0 fully saturated rings. The van der Waals surface area contributed by atoms with E-state index in [1.165, 1.54) is 13.2 Å². The summed E-state index contributed by atoms with van der Waals surface area (Å²) < 4.78 is 5.31. The highest BCUT2D eigenvalue weighted by molar-refractivity contribution is 6.13. The first-order chi connectivity index (χ1) is 14.5. The third-order valence-electron chi connectivity index (χ3n) is 4.63. The van der Waals surface area contributed by atoms with Crippen LogP contribution in [0.4, 0.5) is 0 Å². The molecule has 0 radical (unpaired) electrons. The van der Waals surface area contributed by atoms with Crippen molar-refractivity contribution < 1.29 is 29.1 Å². The van der Waals surface area contributed by atoms with Crippen molar-refractivity contribution in [2.75, 3.05) is 7.11 Å². The van der Waals surface area contributed by atoms with Crippen molar-refractivity contribution >= 4 is 28.7 Å². The van der Waals surface area contributed by atoms with Crippen molar-refractivity contribution in [3.05, 3.63) is 71.8 Å². The highest BCUT2D eigenvalue weighted by Gasteiger charge is 2.29. The van der Waals surface area contributed by atoms with E-state index in [0.717, 1.165) is 12.2 Å². The fourth-order valence-electron chi connectivity index (χ4n) is 3.14. The van der Waals surface area contributed by atoms with Crippen LogP contribution in [0.1, 0.15) is 15.9 Å². The fourth-order valence-corrected chi connectivity index (χ4v) is 3.14. The highest BCUT2D eigenvalue weighted by atomic mass is 16.7. The van der Waals surface area contributed by atoms with Crippen LogP contribution in [0.5, 0.6) is 5.75 Å². The highest BCUT2D eigenvalue weighted by Crippen LogP contribution is 2.30. The third-order valence-corrected chi connectivity index (χ3v) is 4.63. The predicted molar refractivity (Wildman–Crippen MR) is 106 cm³/mol. The number of ether oxygens (including phenoxy) is 1. The Bertz CT molecular complexity index is 1200. The molecule has 4 rings (SSSR count). The SMILES string of the molecule is COc1cc(-c2cc(C(=O)ON3C(=O)C=CC3=O)c3ccccc3n2)ccc1CO. The van der Waals surface area contributed by atoms with Gasteiger partial charge < -0.3 is 14.7 Å². The van der Waals surface area contributed by atoms with E-state index in [2.05, 4.69) is 4.98 Å². The van der Waals surface area contributed by atoms with Gasteiger partial charge >= 0.3 is 5.97 Å². The normalized spacial score (nSPS) is 13.2. The average molecular weight is 404 g/mol. The van der Waals surface area contributed by atoms with Crippen molar-refractivity contribution in [3.8, 4) is 17.0 Å². The molecule has 2 heterocycles. The largest absolute Gasteiger partial charge is 0.496 e. The second-order valence-electron chi connectivity index (χ2n) is 6.44. The Morgan fingerprint density at radius 3 is 2.50 bits per heavy atom. The Labute approximate surface area is 170 Å². The van der Waals surface area contributed by atoms with Crippen LogP contribution in [0, 0.1) is 0 Å².